The average molecular weight is 340 g/mol. The van der Waals surface area contributed by atoms with Crippen LogP contribution in [-0.4, -0.2) is 43.0 Å². The summed E-state index contributed by atoms with van der Waals surface area (Å²) in [6.45, 7) is 1.74. The first-order chi connectivity index (χ1) is 10.3. The minimum absolute atomic E-state index is 0.0384. The fourth-order valence-corrected chi connectivity index (χ4v) is 5.56. The number of anilines is 1. The molecule has 2 N–H and O–H groups in total. The van der Waals surface area contributed by atoms with Gasteiger partial charge in [-0.3, -0.25) is 9.59 Å². The van der Waals surface area contributed by atoms with Gasteiger partial charge < -0.3 is 10.6 Å². The Morgan fingerprint density at radius 2 is 2.18 bits per heavy atom. The number of nitrogens with one attached hydrogen (secondary N) is 2. The van der Waals surface area contributed by atoms with E-state index in [-0.39, 0.29) is 23.3 Å². The molecule has 1 saturated heterocycles. The molecule has 2 amide bonds. The lowest BCUT2D eigenvalue weighted by atomic mass is 10.0. The molecule has 3 rings (SSSR count). The van der Waals surface area contributed by atoms with Gasteiger partial charge in [-0.05, 0) is 31.5 Å². The Hall–Kier alpha value is -1.54. The summed E-state index contributed by atoms with van der Waals surface area (Å²) in [7, 11) is -3.08. The zero-order chi connectivity index (χ0) is 16.0. The fourth-order valence-electron chi connectivity index (χ4n) is 2.68. The molecule has 0 aliphatic carbocycles. The summed E-state index contributed by atoms with van der Waals surface area (Å²) < 4.78 is 23.2. The van der Waals surface area contributed by atoms with Crippen molar-refractivity contribution in [3.05, 3.63) is 23.8 Å². The molecule has 1 aromatic rings. The van der Waals surface area contributed by atoms with Gasteiger partial charge in [0.05, 0.1) is 28.5 Å². The zero-order valence-corrected chi connectivity index (χ0v) is 13.6. The largest absolute Gasteiger partial charge is 0.346 e. The van der Waals surface area contributed by atoms with E-state index in [4.69, 9.17) is 0 Å². The first-order valence-corrected chi connectivity index (χ1v) is 9.67. The Balaban J connectivity index is 1.79. The predicted molar refractivity (Wildman–Crippen MR) is 84.9 cm³/mol. The van der Waals surface area contributed by atoms with Crippen LogP contribution in [0.4, 0.5) is 5.69 Å². The van der Waals surface area contributed by atoms with Gasteiger partial charge in [0.1, 0.15) is 0 Å². The summed E-state index contributed by atoms with van der Waals surface area (Å²) in [4.78, 5) is 24.7. The summed E-state index contributed by atoms with van der Waals surface area (Å²) in [6.07, 6.45) is 0.415. The molecule has 1 atom stereocenters. The highest BCUT2D eigenvalue weighted by molar-refractivity contribution is 8.00. The molecule has 0 aromatic heterocycles. The summed E-state index contributed by atoms with van der Waals surface area (Å²) in [5.41, 5.74) is 0.300. The van der Waals surface area contributed by atoms with E-state index in [0.29, 0.717) is 23.4 Å². The second kappa shape index (κ2) is 5.27. The molecule has 2 aliphatic heterocycles. The molecule has 0 spiro atoms. The van der Waals surface area contributed by atoms with Gasteiger partial charge in [-0.25, -0.2) is 8.42 Å². The quantitative estimate of drug-likeness (QED) is 0.839. The van der Waals surface area contributed by atoms with Crippen molar-refractivity contribution in [1.29, 1.82) is 0 Å². The highest BCUT2D eigenvalue weighted by Crippen LogP contribution is 2.32. The van der Waals surface area contributed by atoms with Crippen LogP contribution in [0.2, 0.25) is 0 Å². The number of carbonyl (C=O) groups is 2. The lowest BCUT2D eigenvalue weighted by molar-refractivity contribution is -0.113. The lowest BCUT2D eigenvalue weighted by Crippen LogP contribution is -2.46. The van der Waals surface area contributed by atoms with E-state index in [0.717, 1.165) is 4.90 Å². The van der Waals surface area contributed by atoms with Crippen molar-refractivity contribution in [3.63, 3.8) is 0 Å². The van der Waals surface area contributed by atoms with E-state index in [1.807, 2.05) is 0 Å². The number of fused-ring (bicyclic) bond motifs is 1. The molecule has 1 unspecified atom stereocenters. The van der Waals surface area contributed by atoms with E-state index in [9.17, 15) is 18.0 Å². The Morgan fingerprint density at radius 1 is 1.41 bits per heavy atom. The van der Waals surface area contributed by atoms with Gasteiger partial charge in [0.2, 0.25) is 5.91 Å². The van der Waals surface area contributed by atoms with Crippen molar-refractivity contribution in [3.8, 4) is 0 Å². The normalized spacial score (nSPS) is 26.1. The van der Waals surface area contributed by atoms with Crippen LogP contribution in [0.25, 0.3) is 0 Å². The summed E-state index contributed by atoms with van der Waals surface area (Å²) >= 11 is 1.43. The molecule has 0 saturated carbocycles. The summed E-state index contributed by atoms with van der Waals surface area (Å²) in [6, 6.07) is 5.11. The SMILES string of the molecule is CC1(NC(=O)c2ccc3c(c2)NC(=O)CS3)CCS(=O)(=O)C1. The number of hydrogen-bond acceptors (Lipinski definition) is 5. The highest BCUT2D eigenvalue weighted by Gasteiger charge is 2.39. The molecular formula is C14H16N2O4S2. The second-order valence-electron chi connectivity index (χ2n) is 5.90. The third-order valence-electron chi connectivity index (χ3n) is 3.79. The number of hydrogen-bond donors (Lipinski definition) is 2. The van der Waals surface area contributed by atoms with Crippen molar-refractivity contribution in [1.82, 2.24) is 5.32 Å². The topological polar surface area (TPSA) is 92.3 Å². The minimum atomic E-state index is -3.08. The van der Waals surface area contributed by atoms with Crippen molar-refractivity contribution >= 4 is 39.1 Å². The Bertz CT molecular complexity index is 760. The zero-order valence-electron chi connectivity index (χ0n) is 12.0. The molecule has 1 fully saturated rings. The standard InChI is InChI=1S/C14H16N2O4S2/c1-14(4-5-22(19,20)8-14)16-13(18)9-2-3-11-10(6-9)15-12(17)7-21-11/h2-3,6H,4-5,7-8H2,1H3,(H,15,17)(H,16,18). The lowest BCUT2D eigenvalue weighted by Gasteiger charge is -2.24. The van der Waals surface area contributed by atoms with Gasteiger partial charge in [0.15, 0.2) is 9.84 Å². The van der Waals surface area contributed by atoms with E-state index >= 15 is 0 Å². The van der Waals surface area contributed by atoms with Crippen molar-refractivity contribution < 1.29 is 18.0 Å². The summed E-state index contributed by atoms with van der Waals surface area (Å²) in [5.74, 6) is 0.00872. The van der Waals surface area contributed by atoms with Crippen molar-refractivity contribution in [2.75, 3.05) is 22.6 Å². The van der Waals surface area contributed by atoms with Crippen molar-refractivity contribution in [2.24, 2.45) is 0 Å². The molecule has 8 heteroatoms. The van der Waals surface area contributed by atoms with Gasteiger partial charge in [-0.15, -0.1) is 11.8 Å². The number of rotatable bonds is 2. The van der Waals surface area contributed by atoms with E-state index < -0.39 is 15.4 Å². The average Bonchev–Trinajstić information content (AvgIpc) is 2.71. The van der Waals surface area contributed by atoms with E-state index in [1.54, 1.807) is 25.1 Å². The van der Waals surface area contributed by atoms with Crippen LogP contribution in [0.5, 0.6) is 0 Å². The Labute approximate surface area is 133 Å². The van der Waals surface area contributed by atoms with Gasteiger partial charge >= 0.3 is 0 Å². The number of carbonyl (C=O) groups excluding carboxylic acids is 2. The Morgan fingerprint density at radius 3 is 2.86 bits per heavy atom. The number of benzene rings is 1. The maximum absolute atomic E-state index is 12.4. The highest BCUT2D eigenvalue weighted by atomic mass is 32.2. The molecule has 2 aliphatic rings. The molecular weight excluding hydrogens is 324 g/mol. The predicted octanol–water partition coefficient (Wildman–Crippen LogP) is 1.04. The molecule has 1 aromatic carbocycles. The molecule has 6 nitrogen and oxygen atoms in total. The number of thioether (sulfide) groups is 1. The van der Waals surface area contributed by atoms with Gasteiger partial charge in [-0.1, -0.05) is 0 Å². The van der Waals surface area contributed by atoms with Gasteiger partial charge in [-0.2, -0.15) is 0 Å². The maximum atomic E-state index is 12.4. The van der Waals surface area contributed by atoms with Crippen LogP contribution in [0.3, 0.4) is 0 Å². The molecule has 22 heavy (non-hydrogen) atoms. The third kappa shape index (κ3) is 3.12. The van der Waals surface area contributed by atoms with E-state index in [1.165, 1.54) is 11.8 Å². The number of sulfone groups is 1. The monoisotopic (exact) mass is 340 g/mol. The van der Waals surface area contributed by atoms with Gasteiger partial charge in [0, 0.05) is 10.5 Å². The van der Waals surface area contributed by atoms with Crippen LogP contribution in [0.1, 0.15) is 23.7 Å². The first-order valence-electron chi connectivity index (χ1n) is 6.86. The molecule has 2 heterocycles. The fraction of sp³-hybridized carbons (Fsp3) is 0.429. The number of amides is 2. The van der Waals surface area contributed by atoms with E-state index in [2.05, 4.69) is 10.6 Å². The van der Waals surface area contributed by atoms with Crippen LogP contribution in [0.15, 0.2) is 23.1 Å². The third-order valence-corrected chi connectivity index (χ3v) is 6.77. The van der Waals surface area contributed by atoms with Crippen LogP contribution in [0, 0.1) is 0 Å². The molecule has 0 bridgehead atoms. The minimum Gasteiger partial charge on any atom is -0.346 e. The second-order valence-corrected chi connectivity index (χ2v) is 9.11. The summed E-state index contributed by atoms with van der Waals surface area (Å²) in [5, 5.41) is 5.54. The Kier molecular flexibility index (Phi) is 3.68. The van der Waals surface area contributed by atoms with Crippen LogP contribution in [-0.2, 0) is 14.6 Å². The van der Waals surface area contributed by atoms with Gasteiger partial charge in [0.25, 0.3) is 5.91 Å². The smallest absolute Gasteiger partial charge is 0.251 e. The van der Waals surface area contributed by atoms with Crippen molar-refractivity contribution in [2.45, 2.75) is 23.8 Å². The van der Waals surface area contributed by atoms with Crippen LogP contribution >= 0.6 is 11.8 Å². The maximum Gasteiger partial charge on any atom is 0.251 e. The molecule has 118 valence electrons. The molecule has 0 radical (unpaired) electrons. The first kappa shape index (κ1) is 15.4. The van der Waals surface area contributed by atoms with Crippen LogP contribution < -0.4 is 10.6 Å².